The Labute approximate surface area is 193 Å². The minimum Gasteiger partial charge on any atom is -0.417 e. The van der Waals surface area contributed by atoms with Crippen molar-refractivity contribution in [1.29, 1.82) is 0 Å². The average molecular weight is 487 g/mol. The summed E-state index contributed by atoms with van der Waals surface area (Å²) in [5, 5.41) is 2.73. The third-order valence-corrected chi connectivity index (χ3v) is 12.2. The van der Waals surface area contributed by atoms with Crippen molar-refractivity contribution >= 4 is 27.7 Å². The maximum Gasteiger partial charge on any atom is 0.335 e. The third-order valence-electron chi connectivity index (χ3n) is 5.57. The fraction of sp³-hybridized carbons (Fsp3) is 0.636. The van der Waals surface area contributed by atoms with Gasteiger partial charge in [-0.1, -0.05) is 32.9 Å². The van der Waals surface area contributed by atoms with Gasteiger partial charge in [0.25, 0.3) is 5.91 Å². The fourth-order valence-electron chi connectivity index (χ4n) is 2.68. The molecule has 0 aliphatic carbocycles. The van der Waals surface area contributed by atoms with E-state index in [0.717, 1.165) is 5.56 Å². The summed E-state index contributed by atoms with van der Waals surface area (Å²) in [4.78, 5) is 24.5. The molecule has 0 aliphatic heterocycles. The summed E-state index contributed by atoms with van der Waals surface area (Å²) in [5.74, 6) is -1.02. The van der Waals surface area contributed by atoms with Crippen LogP contribution in [0.2, 0.25) is 18.1 Å². The number of benzene rings is 1. The second-order valence-corrected chi connectivity index (χ2v) is 16.0. The van der Waals surface area contributed by atoms with Crippen molar-refractivity contribution in [2.75, 3.05) is 19.8 Å². The predicted molar refractivity (Wildman–Crippen MR) is 129 cm³/mol. The van der Waals surface area contributed by atoms with Crippen molar-refractivity contribution in [1.82, 2.24) is 5.32 Å². The Hall–Kier alpha value is -1.51. The summed E-state index contributed by atoms with van der Waals surface area (Å²) < 4.78 is 29.4. The first-order chi connectivity index (χ1) is 14.7. The van der Waals surface area contributed by atoms with Crippen molar-refractivity contribution in [2.24, 2.45) is 5.73 Å². The predicted octanol–water partition coefficient (Wildman–Crippen LogP) is 4.45. The molecule has 0 heterocycles. The second-order valence-electron chi connectivity index (χ2n) is 9.13. The number of nitrogens with one attached hydrogen (secondary N) is 1. The molecule has 1 atom stereocenters. The van der Waals surface area contributed by atoms with Crippen molar-refractivity contribution in [3.63, 3.8) is 0 Å². The molecule has 0 saturated carbocycles. The highest BCUT2D eigenvalue weighted by molar-refractivity contribution is 7.53. The molecule has 0 radical (unpaired) electrons. The summed E-state index contributed by atoms with van der Waals surface area (Å²) in [6.07, 6.45) is 0.419. The fourth-order valence-corrected chi connectivity index (χ4v) is 5.45. The molecular formula is C22H39N2O6PSi. The zero-order valence-corrected chi connectivity index (χ0v) is 22.3. The molecule has 1 aromatic carbocycles. The molecule has 0 aliphatic rings. The smallest absolute Gasteiger partial charge is 0.335 e. The van der Waals surface area contributed by atoms with Crippen LogP contribution in [-0.4, -0.2) is 46.0 Å². The Kier molecular flexibility index (Phi) is 10.8. The van der Waals surface area contributed by atoms with Crippen LogP contribution in [0.1, 0.15) is 57.0 Å². The van der Waals surface area contributed by atoms with Crippen LogP contribution in [0.15, 0.2) is 24.3 Å². The number of amides is 2. The Balaban J connectivity index is 2.76. The number of hydrogen-bond acceptors (Lipinski definition) is 6. The number of carbonyl (C=O) groups excluding carboxylic acids is 2. The van der Waals surface area contributed by atoms with E-state index in [1.54, 1.807) is 38.1 Å². The van der Waals surface area contributed by atoms with Crippen LogP contribution in [-0.2, 0) is 29.0 Å². The van der Waals surface area contributed by atoms with Gasteiger partial charge in [0.05, 0.1) is 19.4 Å². The summed E-state index contributed by atoms with van der Waals surface area (Å²) in [6.45, 7) is 15.1. The lowest BCUT2D eigenvalue weighted by molar-refractivity contribution is -0.120. The van der Waals surface area contributed by atoms with E-state index in [9.17, 15) is 14.2 Å². The van der Waals surface area contributed by atoms with Crippen LogP contribution in [0.25, 0.3) is 0 Å². The van der Waals surface area contributed by atoms with Gasteiger partial charge < -0.3 is 24.5 Å². The quantitative estimate of drug-likeness (QED) is 0.314. The van der Waals surface area contributed by atoms with Gasteiger partial charge in [-0.15, -0.1) is 0 Å². The van der Waals surface area contributed by atoms with Gasteiger partial charge in [0.15, 0.2) is 8.32 Å². The molecule has 10 heteroatoms. The number of hydrogen-bond donors (Lipinski definition) is 2. The highest BCUT2D eigenvalue weighted by atomic mass is 31.2. The van der Waals surface area contributed by atoms with E-state index in [0.29, 0.717) is 18.6 Å². The molecule has 1 rings (SSSR count). The van der Waals surface area contributed by atoms with Gasteiger partial charge in [0.1, 0.15) is 6.04 Å². The molecule has 32 heavy (non-hydrogen) atoms. The molecule has 0 unspecified atom stereocenters. The lowest BCUT2D eigenvalue weighted by Gasteiger charge is -2.36. The third kappa shape index (κ3) is 8.79. The SMILES string of the molecule is CCOP(=O)(Cc1ccc(C(=O)N[C@H](CCO[Si](C)(C)C(C)(C)C)C(N)=O)cc1)OCC. The molecule has 0 saturated heterocycles. The highest BCUT2D eigenvalue weighted by Crippen LogP contribution is 2.51. The molecule has 0 bridgehead atoms. The lowest BCUT2D eigenvalue weighted by Crippen LogP contribution is -2.47. The summed E-state index contributed by atoms with van der Waals surface area (Å²) in [6, 6.07) is 5.77. The maximum atomic E-state index is 12.7. The molecular weight excluding hydrogens is 447 g/mol. The van der Waals surface area contributed by atoms with E-state index in [2.05, 4.69) is 39.2 Å². The normalized spacial score (nSPS) is 13.6. The van der Waals surface area contributed by atoms with Crippen molar-refractivity contribution in [2.45, 2.75) is 71.4 Å². The number of primary amides is 1. The zero-order valence-electron chi connectivity index (χ0n) is 20.4. The van der Waals surface area contributed by atoms with Crippen LogP contribution >= 0.6 is 7.60 Å². The Morgan fingerprint density at radius 2 is 1.62 bits per heavy atom. The molecule has 0 spiro atoms. The van der Waals surface area contributed by atoms with Crippen LogP contribution < -0.4 is 11.1 Å². The molecule has 182 valence electrons. The lowest BCUT2D eigenvalue weighted by atomic mass is 10.1. The van der Waals surface area contributed by atoms with Gasteiger partial charge in [0.2, 0.25) is 5.91 Å². The first-order valence-corrected chi connectivity index (χ1v) is 15.6. The summed E-state index contributed by atoms with van der Waals surface area (Å²) in [5.41, 5.74) is 6.58. The van der Waals surface area contributed by atoms with Crippen molar-refractivity contribution in [3.05, 3.63) is 35.4 Å². The molecule has 3 N–H and O–H groups in total. The van der Waals surface area contributed by atoms with Crippen molar-refractivity contribution in [3.8, 4) is 0 Å². The van der Waals surface area contributed by atoms with Crippen molar-refractivity contribution < 1.29 is 27.6 Å². The Bertz CT molecular complexity index is 798. The van der Waals surface area contributed by atoms with E-state index >= 15 is 0 Å². The monoisotopic (exact) mass is 486 g/mol. The zero-order chi connectivity index (χ0) is 24.6. The van der Waals surface area contributed by atoms with Crippen LogP contribution in [0.3, 0.4) is 0 Å². The summed E-state index contributed by atoms with van der Waals surface area (Å²) >= 11 is 0. The van der Waals surface area contributed by atoms with E-state index in [-0.39, 0.29) is 24.4 Å². The van der Waals surface area contributed by atoms with E-state index in [1.807, 2.05) is 0 Å². The van der Waals surface area contributed by atoms with Gasteiger partial charge in [0, 0.05) is 12.2 Å². The van der Waals surface area contributed by atoms with E-state index in [4.69, 9.17) is 19.2 Å². The standard InChI is InChI=1S/C22H39N2O6PSi/c1-8-28-31(27,29-9-2)16-17-10-12-18(13-11-17)21(26)24-19(20(23)25)14-15-30-32(6,7)22(3,4)5/h10-13,19H,8-9,14-16H2,1-7H3,(H2,23,25)(H,24,26)/t19-/m1/s1. The minimum atomic E-state index is -3.23. The average Bonchev–Trinajstić information content (AvgIpc) is 2.66. The Morgan fingerprint density at radius 3 is 2.06 bits per heavy atom. The second kappa shape index (κ2) is 12.1. The van der Waals surface area contributed by atoms with Gasteiger partial charge in [-0.25, -0.2) is 0 Å². The first kappa shape index (κ1) is 28.5. The van der Waals surface area contributed by atoms with Gasteiger partial charge in [-0.2, -0.15) is 0 Å². The first-order valence-electron chi connectivity index (χ1n) is 11.0. The molecule has 8 nitrogen and oxygen atoms in total. The summed E-state index contributed by atoms with van der Waals surface area (Å²) in [7, 11) is -5.18. The minimum absolute atomic E-state index is 0.0501. The van der Waals surface area contributed by atoms with Crippen LogP contribution in [0, 0.1) is 0 Å². The van der Waals surface area contributed by atoms with E-state index < -0.39 is 33.8 Å². The number of carbonyl (C=O) groups is 2. The molecule has 0 fully saturated rings. The molecule has 0 aromatic heterocycles. The number of nitrogens with two attached hydrogens (primary N) is 1. The number of rotatable bonds is 13. The van der Waals surface area contributed by atoms with Gasteiger partial charge in [-0.05, 0) is 56.1 Å². The topological polar surface area (TPSA) is 117 Å². The maximum absolute atomic E-state index is 12.7. The van der Waals surface area contributed by atoms with Crippen LogP contribution in [0.4, 0.5) is 0 Å². The molecule has 1 aromatic rings. The molecule has 2 amide bonds. The van der Waals surface area contributed by atoms with Gasteiger partial charge in [-0.3, -0.25) is 14.2 Å². The van der Waals surface area contributed by atoms with Gasteiger partial charge >= 0.3 is 7.60 Å². The van der Waals surface area contributed by atoms with Crippen LogP contribution in [0.5, 0.6) is 0 Å². The van der Waals surface area contributed by atoms with E-state index in [1.165, 1.54) is 0 Å². The Morgan fingerprint density at radius 1 is 1.09 bits per heavy atom. The largest absolute Gasteiger partial charge is 0.417 e. The highest BCUT2D eigenvalue weighted by Gasteiger charge is 2.37.